The van der Waals surface area contributed by atoms with E-state index in [1.807, 2.05) is 69.3 Å². The van der Waals surface area contributed by atoms with Crippen molar-refractivity contribution in [1.82, 2.24) is 24.5 Å². The molecule has 512 valence electrons. The average Bonchev–Trinajstić information content (AvgIpc) is 1.20. The summed E-state index contributed by atoms with van der Waals surface area (Å²) in [5.41, 5.74) is 1.25. The van der Waals surface area contributed by atoms with Crippen LogP contribution in [0.15, 0.2) is 106 Å². The van der Waals surface area contributed by atoms with Crippen molar-refractivity contribution in [2.75, 3.05) is 26.4 Å². The van der Waals surface area contributed by atoms with Crippen molar-refractivity contribution in [3.63, 3.8) is 0 Å². The summed E-state index contributed by atoms with van der Waals surface area (Å²) in [4.78, 5) is 21.0. The number of ether oxygens (including phenoxy) is 3. The zero-order valence-corrected chi connectivity index (χ0v) is 61.0. The highest BCUT2D eigenvalue weighted by Crippen LogP contribution is 2.47. The fourth-order valence-electron chi connectivity index (χ4n) is 9.15. The van der Waals surface area contributed by atoms with Gasteiger partial charge in [-0.3, -0.25) is 4.68 Å². The molecule has 6 aromatic rings. The molecule has 1 fully saturated rings. The molecule has 0 radical (unpaired) electrons. The third-order valence-electron chi connectivity index (χ3n) is 14.5. The fraction of sp³-hybridized carbons (Fsp3) is 0.507. The van der Waals surface area contributed by atoms with E-state index < -0.39 is 16.6 Å². The largest absolute Gasteiger partial charge is 0.505 e. The number of oxime groups is 1. The first kappa shape index (κ1) is 82.8. The number of aromatic nitrogens is 5. The van der Waals surface area contributed by atoms with Crippen molar-refractivity contribution < 1.29 is 28.6 Å². The molecule has 0 saturated carbocycles. The molecular formula is C71H90Cl8N8O7. The van der Waals surface area contributed by atoms with Crippen LogP contribution in [0.25, 0.3) is 5.69 Å². The number of rotatable bonds is 32. The number of aromatic hydroxyl groups is 1. The number of hydrogen-bond acceptors (Lipinski definition) is 13. The molecule has 1 N–H and O–H groups in total. The second-order valence-corrected chi connectivity index (χ2v) is 26.3. The Kier molecular flexibility index (Phi) is 41.8. The van der Waals surface area contributed by atoms with Crippen molar-refractivity contribution in [3.8, 4) is 41.7 Å². The molecular weight excluding hydrogens is 1360 g/mol. The highest BCUT2D eigenvalue weighted by Gasteiger charge is 2.33. The molecule has 0 amide bonds. The van der Waals surface area contributed by atoms with Crippen molar-refractivity contribution in [2.24, 2.45) is 5.16 Å². The number of phenols is 1. The minimum Gasteiger partial charge on any atom is -0.505 e. The van der Waals surface area contributed by atoms with Gasteiger partial charge in [-0.15, -0.1) is 11.5 Å². The van der Waals surface area contributed by atoms with Crippen molar-refractivity contribution in [1.29, 1.82) is 10.5 Å². The lowest BCUT2D eigenvalue weighted by molar-refractivity contribution is -0.0933. The van der Waals surface area contributed by atoms with Crippen LogP contribution in [-0.2, 0) is 31.7 Å². The Morgan fingerprint density at radius 1 is 0.723 bits per heavy atom. The average molecular weight is 1450 g/mol. The topological polar surface area (TPSA) is 196 Å². The predicted octanol–water partition coefficient (Wildman–Crippen LogP) is 22.0. The molecule has 3 heterocycles. The first-order chi connectivity index (χ1) is 45.2. The molecule has 0 spiro atoms. The molecule has 2 aromatic heterocycles. The van der Waals surface area contributed by atoms with Crippen molar-refractivity contribution >= 4 is 98.5 Å². The lowest BCUT2D eigenvalue weighted by Gasteiger charge is -2.27. The number of terminal acetylenes is 1. The third kappa shape index (κ3) is 30.7. The Morgan fingerprint density at radius 3 is 1.73 bits per heavy atom. The maximum atomic E-state index is 12.0. The summed E-state index contributed by atoms with van der Waals surface area (Å²) in [5, 5.41) is 41.0. The van der Waals surface area contributed by atoms with Crippen LogP contribution >= 0.6 is 92.8 Å². The van der Waals surface area contributed by atoms with Gasteiger partial charge < -0.3 is 28.6 Å². The Morgan fingerprint density at radius 2 is 1.26 bits per heavy atom. The molecule has 1 unspecified atom stereocenters. The van der Waals surface area contributed by atoms with Gasteiger partial charge in [-0.05, 0) is 55.9 Å². The molecule has 23 heteroatoms. The van der Waals surface area contributed by atoms with Crippen LogP contribution in [0.4, 0.5) is 0 Å². The molecule has 1 saturated heterocycles. The van der Waals surface area contributed by atoms with Crippen LogP contribution < -0.4 is 10.5 Å². The lowest BCUT2D eigenvalue weighted by atomic mass is 9.77. The predicted molar refractivity (Wildman–Crippen MR) is 385 cm³/mol. The Labute approximate surface area is 596 Å². The van der Waals surface area contributed by atoms with Gasteiger partial charge in [0.2, 0.25) is 5.89 Å². The monoisotopic (exact) mass is 1450 g/mol. The molecule has 4 aromatic carbocycles. The maximum Gasteiger partial charge on any atom is 0.442 e. The Balaban J connectivity index is 0.000000310. The van der Waals surface area contributed by atoms with Crippen LogP contribution in [0.3, 0.4) is 0 Å². The number of hydrogen-bond donors (Lipinski definition) is 1. The van der Waals surface area contributed by atoms with E-state index in [4.69, 9.17) is 128 Å². The second-order valence-electron chi connectivity index (χ2n) is 23.1. The van der Waals surface area contributed by atoms with E-state index in [0.717, 1.165) is 35.1 Å². The molecule has 1 aliphatic rings. The van der Waals surface area contributed by atoms with Gasteiger partial charge in [-0.2, -0.15) is 20.3 Å². The SMILES string of the molecule is C#CCOc1cc(-n2nc(C(C)(C)C)oc2=O)c(Cl)cc1Cl.CCCCC(C#N)(Cn1cncn1)c1ccc(Cl)cc1.CCCCCCCC/C=C\CCCCCCCCCCCCC.N#C/C(=N\OCC1OCCO1)c1ccccc1.Oc1c(Cl)c(Cl)c(Cl)c(Cl)c1Cl. The summed E-state index contributed by atoms with van der Waals surface area (Å²) in [7, 11) is 0. The normalized spacial score (nSPS) is 12.7. The van der Waals surface area contributed by atoms with Gasteiger partial charge in [0.15, 0.2) is 24.4 Å². The minimum absolute atomic E-state index is 0.00904. The number of allylic oxidation sites excluding steroid dienone is 2. The summed E-state index contributed by atoms with van der Waals surface area (Å²) in [5.74, 6) is 1.94. The summed E-state index contributed by atoms with van der Waals surface area (Å²) < 4.78 is 23.6. The van der Waals surface area contributed by atoms with E-state index in [0.29, 0.717) is 42.1 Å². The van der Waals surface area contributed by atoms with Crippen LogP contribution in [0.1, 0.15) is 200 Å². The van der Waals surface area contributed by atoms with Gasteiger partial charge in [0.05, 0.1) is 56.6 Å². The minimum atomic E-state index is -0.642. The van der Waals surface area contributed by atoms with E-state index in [1.165, 1.54) is 140 Å². The van der Waals surface area contributed by atoms with Crippen molar-refractivity contribution in [2.45, 2.75) is 206 Å². The maximum absolute atomic E-state index is 12.0. The summed E-state index contributed by atoms with van der Waals surface area (Å²) in [6.07, 6.45) is 42.7. The Hall–Kier alpha value is -5.45. The number of phenolic OH excluding ortho intramolecular Hbond substituents is 1. The molecule has 94 heavy (non-hydrogen) atoms. The van der Waals surface area contributed by atoms with E-state index in [9.17, 15) is 15.2 Å². The zero-order chi connectivity index (χ0) is 69.2. The number of nitriles is 2. The molecule has 15 nitrogen and oxygen atoms in total. The smallest absolute Gasteiger partial charge is 0.442 e. The van der Waals surface area contributed by atoms with Gasteiger partial charge in [0.1, 0.15) is 46.5 Å². The molecule has 7 rings (SSSR count). The molecule has 0 aliphatic carbocycles. The summed E-state index contributed by atoms with van der Waals surface area (Å²) >= 11 is 46.0. The van der Waals surface area contributed by atoms with Crippen LogP contribution in [0, 0.1) is 35.0 Å². The van der Waals surface area contributed by atoms with Crippen LogP contribution in [-0.4, -0.2) is 68.1 Å². The van der Waals surface area contributed by atoms with Gasteiger partial charge in [-0.25, -0.2) is 9.78 Å². The second kappa shape index (κ2) is 47.5. The van der Waals surface area contributed by atoms with Gasteiger partial charge >= 0.3 is 5.76 Å². The van der Waals surface area contributed by atoms with E-state index >= 15 is 0 Å². The highest BCUT2D eigenvalue weighted by molar-refractivity contribution is 6.55. The third-order valence-corrected chi connectivity index (χ3v) is 17.6. The van der Waals surface area contributed by atoms with Crippen LogP contribution in [0.5, 0.6) is 11.5 Å². The number of halogens is 8. The molecule has 1 atom stereocenters. The first-order valence-corrected chi connectivity index (χ1v) is 35.1. The standard InChI is InChI=1S/C23H46.C15H14Cl2N2O3.C15H17ClN4.C12H12N2O3.C6HCl5O/c1-3-5-7-9-11-13-15-17-19-21-23-22-20-18-16-14-12-10-8-6-4-2;1-5-6-21-12-8-11(9(16)7-10(12)17)19-14(20)22-13(18-19)15(2,3)4;1-2-3-8-15(9-17,10-20-12-18-11-19-20)13-4-6-14(16)7-5-13;13-8-11(10-4-2-1-3-5-10)14-17-9-12-15-6-7-16-12;7-1-2(8)4(10)6(12)5(11)3(1)9/h17,19H,3-16,18,20-23H2,1-2H3;1,7-8H,6H2,2-4H3;4-7,11-12H,2-3,8,10H2,1H3;1-5,12H,6-7,9H2;12H/b19-17-;;;14-11+;. The number of unbranched alkanes of at least 4 members (excludes halogenated alkanes) is 18. The summed E-state index contributed by atoms with van der Waals surface area (Å²) in [6, 6.07) is 24.1. The van der Waals surface area contributed by atoms with Crippen molar-refractivity contribution in [3.05, 3.63) is 159 Å². The van der Waals surface area contributed by atoms with Gasteiger partial charge in [-0.1, -0.05) is 309 Å². The van der Waals surface area contributed by atoms with E-state index in [2.05, 4.69) is 65.2 Å². The molecule has 0 bridgehead atoms. The number of benzene rings is 4. The van der Waals surface area contributed by atoms with E-state index in [-0.39, 0.29) is 66.1 Å². The quantitative estimate of drug-likeness (QED) is 0.00799. The van der Waals surface area contributed by atoms with E-state index in [1.54, 1.807) is 23.1 Å². The van der Waals surface area contributed by atoms with Gasteiger partial charge in [0, 0.05) is 22.1 Å². The molecule has 1 aliphatic heterocycles. The fourth-order valence-corrected chi connectivity index (χ4v) is 10.9. The summed E-state index contributed by atoms with van der Waals surface area (Å²) in [6.45, 7) is 14.2. The number of nitrogens with zero attached hydrogens (tertiary/aromatic N) is 8. The zero-order valence-electron chi connectivity index (χ0n) is 54.9. The highest BCUT2D eigenvalue weighted by atomic mass is 35.5. The van der Waals surface area contributed by atoms with Gasteiger partial charge in [0.25, 0.3) is 0 Å². The van der Waals surface area contributed by atoms with Crippen LogP contribution in [0.2, 0.25) is 40.2 Å². The first-order valence-electron chi connectivity index (χ1n) is 32.1. The lowest BCUT2D eigenvalue weighted by Crippen LogP contribution is -2.30. The Bertz CT molecular complexity index is 3250.